The molecule has 0 spiro atoms. The lowest BCUT2D eigenvalue weighted by Crippen LogP contribution is -2.33. The Labute approximate surface area is 193 Å². The number of aryl methyl sites for hydroxylation is 1. The second-order valence-electron chi connectivity index (χ2n) is 8.72. The number of carbonyl (C=O) groups is 2. The largest absolute Gasteiger partial charge is 0.379 e. The number of hydrogen-bond donors (Lipinski definition) is 2. The van der Waals surface area contributed by atoms with Crippen molar-refractivity contribution in [2.75, 3.05) is 51.5 Å². The molecule has 0 atom stereocenters. The number of benzene rings is 1. The lowest BCUT2D eigenvalue weighted by molar-refractivity contribution is -0.125. The number of rotatable bonds is 18. The van der Waals surface area contributed by atoms with E-state index < -0.39 is 0 Å². The number of anilines is 1. The molecular weight excluding hydrogens is 408 g/mol. The highest BCUT2D eigenvalue weighted by molar-refractivity contribution is 5.94. The summed E-state index contributed by atoms with van der Waals surface area (Å²) < 4.78 is 16.3. The zero-order chi connectivity index (χ0) is 23.6. The van der Waals surface area contributed by atoms with Crippen molar-refractivity contribution < 1.29 is 23.8 Å². The minimum atomic E-state index is -0.252. The molecule has 7 nitrogen and oxygen atoms in total. The minimum absolute atomic E-state index is 0.0617. The number of hydrogen-bond acceptors (Lipinski definition) is 5. The van der Waals surface area contributed by atoms with Gasteiger partial charge < -0.3 is 24.8 Å². The Morgan fingerprint density at radius 1 is 0.750 bits per heavy atom. The predicted molar refractivity (Wildman–Crippen MR) is 128 cm³/mol. The van der Waals surface area contributed by atoms with E-state index in [0.29, 0.717) is 44.9 Å². The van der Waals surface area contributed by atoms with E-state index in [9.17, 15) is 9.59 Å². The second-order valence-corrected chi connectivity index (χ2v) is 8.72. The summed E-state index contributed by atoms with van der Waals surface area (Å²) in [6, 6.07) is 7.83. The quantitative estimate of drug-likeness (QED) is 0.332. The maximum absolute atomic E-state index is 12.0. The van der Waals surface area contributed by atoms with E-state index in [1.165, 1.54) is 5.56 Å². The molecule has 0 fully saturated rings. The van der Waals surface area contributed by atoms with Gasteiger partial charge in [0.25, 0.3) is 0 Å². The van der Waals surface area contributed by atoms with Crippen molar-refractivity contribution in [1.29, 1.82) is 0 Å². The van der Waals surface area contributed by atoms with Gasteiger partial charge in [-0.2, -0.15) is 0 Å². The fourth-order valence-corrected chi connectivity index (χ4v) is 2.71. The Kier molecular flexibility index (Phi) is 15.4. The molecule has 0 bridgehead atoms. The normalized spacial score (nSPS) is 11.2. The average molecular weight is 451 g/mol. The van der Waals surface area contributed by atoms with E-state index in [2.05, 4.69) is 38.3 Å². The first-order valence-corrected chi connectivity index (χ1v) is 11.8. The molecule has 0 radical (unpaired) electrons. The van der Waals surface area contributed by atoms with Crippen LogP contribution in [0.15, 0.2) is 24.3 Å². The summed E-state index contributed by atoms with van der Waals surface area (Å²) in [6.45, 7) is 11.7. The van der Waals surface area contributed by atoms with Crippen LogP contribution in [-0.2, 0) is 30.2 Å². The van der Waals surface area contributed by atoms with Crippen LogP contribution < -0.4 is 10.6 Å². The van der Waals surface area contributed by atoms with Gasteiger partial charge in [0.1, 0.15) is 0 Å². The van der Waals surface area contributed by atoms with Crippen LogP contribution in [0, 0.1) is 11.8 Å². The van der Waals surface area contributed by atoms with E-state index in [1.54, 1.807) is 0 Å². The zero-order valence-electron chi connectivity index (χ0n) is 20.3. The van der Waals surface area contributed by atoms with Crippen LogP contribution in [0.5, 0.6) is 0 Å². The molecule has 2 amide bonds. The van der Waals surface area contributed by atoms with Crippen LogP contribution >= 0.6 is 0 Å². The topological polar surface area (TPSA) is 85.9 Å². The van der Waals surface area contributed by atoms with Crippen molar-refractivity contribution in [3.8, 4) is 0 Å². The summed E-state index contributed by atoms with van der Waals surface area (Å²) in [4.78, 5) is 23.8. The van der Waals surface area contributed by atoms with Gasteiger partial charge in [-0.05, 0) is 48.8 Å². The molecule has 0 heterocycles. The van der Waals surface area contributed by atoms with Crippen LogP contribution in [-0.4, -0.2) is 58.0 Å². The fraction of sp³-hybridized carbons (Fsp3) is 0.680. The Balaban J connectivity index is 2.00. The van der Waals surface area contributed by atoms with Crippen molar-refractivity contribution in [1.82, 2.24) is 5.32 Å². The molecule has 32 heavy (non-hydrogen) atoms. The standard InChI is InChI=1S/C25H42N2O5/c1-20(2)5-6-22-7-9-23(10-8-22)27-25(29)19-26-24(28)12-14-31-16-18-32-17-15-30-13-11-21(3)4/h7-10,20-21H,5-6,11-19H2,1-4H3,(H,26,28)(H,27,29). The van der Waals surface area contributed by atoms with Crippen molar-refractivity contribution in [3.63, 3.8) is 0 Å². The third-order valence-corrected chi connectivity index (χ3v) is 4.75. The van der Waals surface area contributed by atoms with Crippen molar-refractivity contribution in [3.05, 3.63) is 29.8 Å². The van der Waals surface area contributed by atoms with Crippen molar-refractivity contribution >= 4 is 17.5 Å². The molecule has 1 aromatic carbocycles. The molecule has 0 saturated carbocycles. The molecule has 1 rings (SSSR count). The fourth-order valence-electron chi connectivity index (χ4n) is 2.71. The molecule has 0 aromatic heterocycles. The van der Waals surface area contributed by atoms with Crippen molar-refractivity contribution in [2.24, 2.45) is 11.8 Å². The van der Waals surface area contributed by atoms with Gasteiger partial charge in [0, 0.05) is 18.7 Å². The van der Waals surface area contributed by atoms with Crippen LogP contribution in [0.3, 0.4) is 0 Å². The summed E-state index contributed by atoms with van der Waals surface area (Å²) in [7, 11) is 0. The van der Waals surface area contributed by atoms with Gasteiger partial charge in [0.15, 0.2) is 0 Å². The molecule has 0 saturated heterocycles. The average Bonchev–Trinajstić information content (AvgIpc) is 2.75. The van der Waals surface area contributed by atoms with Crippen LogP contribution in [0.25, 0.3) is 0 Å². The Morgan fingerprint density at radius 3 is 1.91 bits per heavy atom. The van der Waals surface area contributed by atoms with Crippen LogP contribution in [0.1, 0.15) is 52.5 Å². The number of ether oxygens (including phenoxy) is 3. The summed E-state index contributed by atoms with van der Waals surface area (Å²) in [5.41, 5.74) is 1.98. The monoisotopic (exact) mass is 450 g/mol. The molecule has 0 aliphatic carbocycles. The molecule has 7 heteroatoms. The van der Waals surface area contributed by atoms with Crippen molar-refractivity contribution in [2.45, 2.75) is 53.4 Å². The summed E-state index contributed by atoms with van der Waals surface area (Å²) >= 11 is 0. The highest BCUT2D eigenvalue weighted by Gasteiger charge is 2.06. The molecule has 2 N–H and O–H groups in total. The third-order valence-electron chi connectivity index (χ3n) is 4.75. The number of nitrogens with one attached hydrogen (secondary N) is 2. The van der Waals surface area contributed by atoms with E-state index in [1.807, 2.05) is 24.3 Å². The Hall–Kier alpha value is -1.96. The molecule has 1 aromatic rings. The zero-order valence-corrected chi connectivity index (χ0v) is 20.3. The summed E-state index contributed by atoms with van der Waals surface area (Å²) in [5, 5.41) is 5.40. The maximum Gasteiger partial charge on any atom is 0.243 e. The van der Waals surface area contributed by atoms with E-state index in [-0.39, 0.29) is 24.8 Å². The first-order chi connectivity index (χ1) is 15.4. The van der Waals surface area contributed by atoms with Gasteiger partial charge in [-0.15, -0.1) is 0 Å². The highest BCUT2D eigenvalue weighted by atomic mass is 16.5. The maximum atomic E-state index is 12.0. The Bertz CT molecular complexity index is 632. The predicted octanol–water partition coefficient (Wildman–Crippen LogP) is 3.82. The first-order valence-electron chi connectivity index (χ1n) is 11.8. The third kappa shape index (κ3) is 15.8. The molecule has 0 aliphatic heterocycles. The van der Waals surface area contributed by atoms with Gasteiger partial charge in [-0.25, -0.2) is 0 Å². The molecule has 182 valence electrons. The van der Waals surface area contributed by atoms with Crippen LogP contribution in [0.2, 0.25) is 0 Å². The highest BCUT2D eigenvalue weighted by Crippen LogP contribution is 2.13. The van der Waals surface area contributed by atoms with Gasteiger partial charge in [-0.3, -0.25) is 9.59 Å². The molecular formula is C25H42N2O5. The van der Waals surface area contributed by atoms with Gasteiger partial charge in [-0.1, -0.05) is 39.8 Å². The SMILES string of the molecule is CC(C)CCOCCOCCOCCC(=O)NCC(=O)Nc1ccc(CCC(C)C)cc1. The second kappa shape index (κ2) is 17.6. The summed E-state index contributed by atoms with van der Waals surface area (Å²) in [5.74, 6) is 0.843. The number of carbonyl (C=O) groups excluding carboxylic acids is 2. The van der Waals surface area contributed by atoms with E-state index in [4.69, 9.17) is 14.2 Å². The lowest BCUT2D eigenvalue weighted by atomic mass is 10.0. The summed E-state index contributed by atoms with van der Waals surface area (Å²) in [6.07, 6.45) is 3.43. The van der Waals surface area contributed by atoms with Gasteiger partial charge >= 0.3 is 0 Å². The van der Waals surface area contributed by atoms with E-state index >= 15 is 0 Å². The molecule has 0 unspecified atom stereocenters. The van der Waals surface area contributed by atoms with E-state index in [0.717, 1.165) is 31.6 Å². The molecule has 0 aliphatic rings. The van der Waals surface area contributed by atoms with Gasteiger partial charge in [0.2, 0.25) is 11.8 Å². The minimum Gasteiger partial charge on any atom is -0.379 e. The first kappa shape index (κ1) is 28.1. The Morgan fingerprint density at radius 2 is 1.31 bits per heavy atom. The number of amides is 2. The van der Waals surface area contributed by atoms with Crippen LogP contribution in [0.4, 0.5) is 5.69 Å². The smallest absolute Gasteiger partial charge is 0.243 e. The lowest BCUT2D eigenvalue weighted by Gasteiger charge is -2.09. The van der Waals surface area contributed by atoms with Gasteiger partial charge in [0.05, 0.1) is 39.6 Å².